The quantitative estimate of drug-likeness (QED) is 0.704. The average Bonchev–Trinajstić information content (AvgIpc) is 2.37. The van der Waals surface area contributed by atoms with Crippen LogP contribution < -0.4 is 11.1 Å². The molecule has 0 heterocycles. The first-order valence-corrected chi connectivity index (χ1v) is 6.13. The van der Waals surface area contributed by atoms with E-state index in [4.69, 9.17) is 10.8 Å². The number of benzene rings is 1. The van der Waals surface area contributed by atoms with Gasteiger partial charge in [0.2, 0.25) is 0 Å². The molecule has 0 fully saturated rings. The molecule has 0 bridgehead atoms. The summed E-state index contributed by atoms with van der Waals surface area (Å²) in [5, 5.41) is 11.2. The van der Waals surface area contributed by atoms with Crippen molar-refractivity contribution in [3.8, 4) is 0 Å². The van der Waals surface area contributed by atoms with Gasteiger partial charge >= 0.3 is 5.97 Å². The Hall–Kier alpha value is -2.21. The molecule has 1 atom stereocenters. The van der Waals surface area contributed by atoms with Crippen molar-refractivity contribution in [1.29, 1.82) is 0 Å². The lowest BCUT2D eigenvalue weighted by Gasteiger charge is -2.27. The summed E-state index contributed by atoms with van der Waals surface area (Å²) in [5.41, 5.74) is 4.72. The molecule has 0 unspecified atom stereocenters. The van der Waals surface area contributed by atoms with Crippen molar-refractivity contribution in [3.05, 3.63) is 35.9 Å². The van der Waals surface area contributed by atoms with E-state index in [9.17, 15) is 14.4 Å². The summed E-state index contributed by atoms with van der Waals surface area (Å²) in [7, 11) is 0. The van der Waals surface area contributed by atoms with Crippen molar-refractivity contribution in [2.45, 2.75) is 31.8 Å². The van der Waals surface area contributed by atoms with Crippen LogP contribution >= 0.6 is 0 Å². The first-order valence-electron chi connectivity index (χ1n) is 6.13. The Morgan fingerprint density at radius 1 is 1.25 bits per heavy atom. The number of hydrogen-bond donors (Lipinski definition) is 3. The molecule has 108 valence electrons. The number of nitrogens with two attached hydrogens (primary N) is 1. The van der Waals surface area contributed by atoms with Crippen LogP contribution in [0.3, 0.4) is 0 Å². The summed E-state index contributed by atoms with van der Waals surface area (Å²) in [5.74, 6) is -2.09. The number of amides is 1. The number of carbonyl (C=O) groups is 3. The van der Waals surface area contributed by atoms with Crippen LogP contribution in [0, 0.1) is 0 Å². The van der Waals surface area contributed by atoms with E-state index < -0.39 is 35.7 Å². The molecule has 0 aliphatic rings. The molecule has 4 N–H and O–H groups in total. The van der Waals surface area contributed by atoms with Crippen molar-refractivity contribution >= 4 is 17.7 Å². The fourth-order valence-electron chi connectivity index (χ4n) is 1.75. The number of carboxylic acids is 1. The SMILES string of the molecule is CC(C)(NC(=O)c1ccccc1)C(=O)[C@@H](N)CC(=O)O. The molecule has 6 nitrogen and oxygen atoms in total. The van der Waals surface area contributed by atoms with Gasteiger partial charge < -0.3 is 16.2 Å². The number of hydrogen-bond acceptors (Lipinski definition) is 4. The molecule has 0 saturated carbocycles. The Morgan fingerprint density at radius 2 is 1.80 bits per heavy atom. The van der Waals surface area contributed by atoms with Crippen LogP contribution in [0.15, 0.2) is 30.3 Å². The van der Waals surface area contributed by atoms with Crippen molar-refractivity contribution in [1.82, 2.24) is 5.32 Å². The van der Waals surface area contributed by atoms with Crippen LogP contribution in [-0.4, -0.2) is 34.3 Å². The highest BCUT2D eigenvalue weighted by atomic mass is 16.4. The van der Waals surface area contributed by atoms with Crippen LogP contribution in [0.2, 0.25) is 0 Å². The van der Waals surface area contributed by atoms with Gasteiger partial charge in [0.1, 0.15) is 0 Å². The molecular weight excluding hydrogens is 260 g/mol. The highest BCUT2D eigenvalue weighted by Crippen LogP contribution is 2.10. The maximum atomic E-state index is 12.1. The molecule has 0 aliphatic heterocycles. The lowest BCUT2D eigenvalue weighted by molar-refractivity contribution is -0.139. The van der Waals surface area contributed by atoms with Gasteiger partial charge in [0.05, 0.1) is 18.0 Å². The summed E-state index contributed by atoms with van der Waals surface area (Å²) < 4.78 is 0. The van der Waals surface area contributed by atoms with Gasteiger partial charge in [-0.05, 0) is 26.0 Å². The van der Waals surface area contributed by atoms with E-state index in [1.807, 2.05) is 0 Å². The number of carboxylic acid groups (broad SMARTS) is 1. The molecule has 0 spiro atoms. The van der Waals surface area contributed by atoms with Gasteiger partial charge in [-0.2, -0.15) is 0 Å². The lowest BCUT2D eigenvalue weighted by Crippen LogP contribution is -2.56. The molecule has 6 heteroatoms. The van der Waals surface area contributed by atoms with Crippen LogP contribution in [0.1, 0.15) is 30.6 Å². The Balaban J connectivity index is 2.76. The Kier molecular flexibility index (Phi) is 4.99. The fourth-order valence-corrected chi connectivity index (χ4v) is 1.75. The minimum Gasteiger partial charge on any atom is -0.481 e. The van der Waals surface area contributed by atoms with E-state index in [0.29, 0.717) is 5.56 Å². The zero-order valence-corrected chi connectivity index (χ0v) is 11.4. The number of Topliss-reactive ketones (excluding diaryl/α,β-unsaturated/α-hetero) is 1. The predicted octanol–water partition coefficient (Wildman–Crippen LogP) is 0.566. The summed E-state index contributed by atoms with van der Waals surface area (Å²) >= 11 is 0. The Morgan fingerprint density at radius 3 is 2.30 bits per heavy atom. The van der Waals surface area contributed by atoms with Crippen LogP contribution in [-0.2, 0) is 9.59 Å². The van der Waals surface area contributed by atoms with Gasteiger partial charge in [0, 0.05) is 5.56 Å². The molecule has 0 aromatic heterocycles. The fraction of sp³-hybridized carbons (Fsp3) is 0.357. The minimum absolute atomic E-state index is 0.411. The maximum Gasteiger partial charge on any atom is 0.305 e. The molecule has 0 aliphatic carbocycles. The number of nitrogens with one attached hydrogen (secondary N) is 1. The molecule has 1 rings (SSSR count). The third kappa shape index (κ3) is 4.17. The van der Waals surface area contributed by atoms with Gasteiger partial charge in [-0.15, -0.1) is 0 Å². The molecule has 1 aromatic carbocycles. The predicted molar refractivity (Wildman–Crippen MR) is 73.2 cm³/mol. The first kappa shape index (κ1) is 15.8. The largest absolute Gasteiger partial charge is 0.481 e. The minimum atomic E-state index is -1.23. The van der Waals surface area contributed by atoms with Crippen LogP contribution in [0.4, 0.5) is 0 Å². The normalized spacial score (nSPS) is 12.6. The molecule has 0 radical (unpaired) electrons. The highest BCUT2D eigenvalue weighted by Gasteiger charge is 2.34. The second-order valence-corrected chi connectivity index (χ2v) is 5.01. The molecule has 0 saturated heterocycles. The average molecular weight is 278 g/mol. The Labute approximate surface area is 117 Å². The van der Waals surface area contributed by atoms with Crippen molar-refractivity contribution in [2.24, 2.45) is 5.73 Å². The third-order valence-electron chi connectivity index (χ3n) is 2.81. The van der Waals surface area contributed by atoms with E-state index >= 15 is 0 Å². The number of aliphatic carboxylic acids is 1. The van der Waals surface area contributed by atoms with Gasteiger partial charge in [0.25, 0.3) is 5.91 Å². The summed E-state index contributed by atoms with van der Waals surface area (Å²) in [6, 6.07) is 7.27. The second kappa shape index (κ2) is 6.29. The zero-order chi connectivity index (χ0) is 15.3. The summed E-state index contributed by atoms with van der Waals surface area (Å²) in [4.78, 5) is 34.6. The smallest absolute Gasteiger partial charge is 0.305 e. The van der Waals surface area contributed by atoms with Gasteiger partial charge in [0.15, 0.2) is 5.78 Å². The van der Waals surface area contributed by atoms with Gasteiger partial charge in [-0.1, -0.05) is 18.2 Å². The molecule has 1 amide bonds. The highest BCUT2D eigenvalue weighted by molar-refractivity contribution is 6.01. The van der Waals surface area contributed by atoms with Gasteiger partial charge in [-0.3, -0.25) is 14.4 Å². The third-order valence-corrected chi connectivity index (χ3v) is 2.81. The van der Waals surface area contributed by atoms with E-state index in [1.165, 1.54) is 13.8 Å². The monoisotopic (exact) mass is 278 g/mol. The molecule has 20 heavy (non-hydrogen) atoms. The zero-order valence-electron chi connectivity index (χ0n) is 11.4. The Bertz CT molecular complexity index is 511. The second-order valence-electron chi connectivity index (χ2n) is 5.01. The standard InChI is InChI=1S/C14H18N2O4/c1-14(2,12(19)10(15)8-11(17)18)16-13(20)9-6-4-3-5-7-9/h3-7,10H,8,15H2,1-2H3,(H,16,20)(H,17,18)/t10-/m0/s1. The van der Waals surface area contributed by atoms with Crippen molar-refractivity contribution in [3.63, 3.8) is 0 Å². The van der Waals surface area contributed by atoms with E-state index in [2.05, 4.69) is 5.32 Å². The van der Waals surface area contributed by atoms with E-state index in [-0.39, 0.29) is 0 Å². The number of carbonyl (C=O) groups excluding carboxylic acids is 2. The lowest BCUT2D eigenvalue weighted by atomic mass is 9.91. The molecular formula is C14H18N2O4. The van der Waals surface area contributed by atoms with Crippen molar-refractivity contribution < 1.29 is 19.5 Å². The summed E-state index contributed by atoms with van der Waals surface area (Å²) in [6.45, 7) is 3.00. The maximum absolute atomic E-state index is 12.1. The number of rotatable bonds is 6. The van der Waals surface area contributed by atoms with E-state index in [0.717, 1.165) is 0 Å². The van der Waals surface area contributed by atoms with Crippen LogP contribution in [0.25, 0.3) is 0 Å². The summed E-state index contributed by atoms with van der Waals surface area (Å²) in [6.07, 6.45) is -0.469. The first-order chi connectivity index (χ1) is 9.24. The molecule has 1 aromatic rings. The topological polar surface area (TPSA) is 109 Å². The number of ketones is 1. The van der Waals surface area contributed by atoms with Crippen molar-refractivity contribution in [2.75, 3.05) is 0 Å². The van der Waals surface area contributed by atoms with E-state index in [1.54, 1.807) is 30.3 Å². The van der Waals surface area contributed by atoms with Gasteiger partial charge in [-0.25, -0.2) is 0 Å². The van der Waals surface area contributed by atoms with Crippen LogP contribution in [0.5, 0.6) is 0 Å².